The average Bonchev–Trinajstić information content (AvgIpc) is 2.29. The molecule has 0 aliphatic heterocycles. The maximum absolute atomic E-state index is 11.9. The molecule has 0 atom stereocenters. The van der Waals surface area contributed by atoms with Gasteiger partial charge in [0.2, 0.25) is 0 Å². The van der Waals surface area contributed by atoms with Crippen LogP contribution in [0.1, 0.15) is 12.0 Å². The number of benzene rings is 1. The second-order valence-corrected chi connectivity index (χ2v) is 3.71. The number of alkyl halides is 3. The topological polar surface area (TPSA) is 30.5 Å². The summed E-state index contributed by atoms with van der Waals surface area (Å²) in [4.78, 5) is 0. The summed E-state index contributed by atoms with van der Waals surface area (Å²) in [5.74, 6) is -0.203. The number of ether oxygens (including phenoxy) is 2. The van der Waals surface area contributed by atoms with Crippen LogP contribution in [0.3, 0.4) is 0 Å². The minimum Gasteiger partial charge on any atom is -0.406 e. The van der Waals surface area contributed by atoms with E-state index in [2.05, 4.69) is 10.1 Å². The van der Waals surface area contributed by atoms with Crippen molar-refractivity contribution in [3.8, 4) is 5.75 Å². The van der Waals surface area contributed by atoms with E-state index in [-0.39, 0.29) is 5.75 Å². The highest BCUT2D eigenvalue weighted by molar-refractivity contribution is 5.27. The molecule has 0 unspecified atom stereocenters. The number of halogens is 3. The van der Waals surface area contributed by atoms with Crippen molar-refractivity contribution in [1.82, 2.24) is 5.32 Å². The van der Waals surface area contributed by atoms with E-state index >= 15 is 0 Å². The Morgan fingerprint density at radius 1 is 1.17 bits per heavy atom. The third-order valence-corrected chi connectivity index (χ3v) is 2.19. The van der Waals surface area contributed by atoms with Gasteiger partial charge in [0, 0.05) is 20.3 Å². The number of hydrogen-bond acceptors (Lipinski definition) is 3. The summed E-state index contributed by atoms with van der Waals surface area (Å²) in [5, 5.41) is 3.16. The molecule has 0 amide bonds. The molecule has 0 aromatic heterocycles. The summed E-state index contributed by atoms with van der Waals surface area (Å²) >= 11 is 0. The van der Waals surface area contributed by atoms with Gasteiger partial charge in [-0.25, -0.2) is 0 Å². The minimum absolute atomic E-state index is 0.203. The molecule has 0 aliphatic carbocycles. The summed E-state index contributed by atoms with van der Waals surface area (Å²) in [6.45, 7) is 2.09. The molecule has 0 saturated heterocycles. The third kappa shape index (κ3) is 6.46. The standard InChI is InChI=1S/C12H16F3NO2/c1-17-8-2-7-16-9-10-3-5-11(6-4-10)18-12(13,14)15/h3-6,16H,2,7-9H2,1H3. The molecule has 18 heavy (non-hydrogen) atoms. The van der Waals surface area contributed by atoms with E-state index in [4.69, 9.17) is 4.74 Å². The van der Waals surface area contributed by atoms with Gasteiger partial charge in [0.25, 0.3) is 0 Å². The predicted octanol–water partition coefficient (Wildman–Crippen LogP) is 2.71. The molecule has 1 aromatic carbocycles. The smallest absolute Gasteiger partial charge is 0.406 e. The molecule has 0 aliphatic rings. The molecule has 0 spiro atoms. The highest BCUT2D eigenvalue weighted by Crippen LogP contribution is 2.22. The zero-order chi connectivity index (χ0) is 13.4. The molecule has 0 bridgehead atoms. The van der Waals surface area contributed by atoms with Crippen molar-refractivity contribution in [2.75, 3.05) is 20.3 Å². The van der Waals surface area contributed by atoms with Crippen LogP contribution >= 0.6 is 0 Å². The quantitative estimate of drug-likeness (QED) is 0.767. The fraction of sp³-hybridized carbons (Fsp3) is 0.500. The molecule has 1 aromatic rings. The largest absolute Gasteiger partial charge is 0.573 e. The van der Waals surface area contributed by atoms with Crippen molar-refractivity contribution in [3.63, 3.8) is 0 Å². The van der Waals surface area contributed by atoms with E-state index in [0.717, 1.165) is 18.5 Å². The van der Waals surface area contributed by atoms with Gasteiger partial charge in [-0.3, -0.25) is 0 Å². The molecule has 0 saturated carbocycles. The number of nitrogens with one attached hydrogen (secondary N) is 1. The Hall–Kier alpha value is -1.27. The van der Waals surface area contributed by atoms with Gasteiger partial charge in [-0.05, 0) is 30.7 Å². The zero-order valence-corrected chi connectivity index (χ0v) is 10.1. The Balaban J connectivity index is 2.32. The van der Waals surface area contributed by atoms with Crippen molar-refractivity contribution < 1.29 is 22.6 Å². The highest BCUT2D eigenvalue weighted by atomic mass is 19.4. The van der Waals surface area contributed by atoms with Crippen molar-refractivity contribution in [3.05, 3.63) is 29.8 Å². The fourth-order valence-corrected chi connectivity index (χ4v) is 1.38. The van der Waals surface area contributed by atoms with Gasteiger partial charge in [0.1, 0.15) is 5.75 Å². The molecular weight excluding hydrogens is 247 g/mol. The van der Waals surface area contributed by atoms with Crippen LogP contribution in [0.25, 0.3) is 0 Å². The summed E-state index contributed by atoms with van der Waals surface area (Å²) in [6, 6.07) is 5.81. The Morgan fingerprint density at radius 2 is 1.83 bits per heavy atom. The van der Waals surface area contributed by atoms with Gasteiger partial charge in [0.05, 0.1) is 0 Å². The maximum Gasteiger partial charge on any atom is 0.573 e. The highest BCUT2D eigenvalue weighted by Gasteiger charge is 2.30. The van der Waals surface area contributed by atoms with Crippen LogP contribution in [-0.2, 0) is 11.3 Å². The zero-order valence-electron chi connectivity index (χ0n) is 10.1. The Labute approximate surface area is 104 Å². The Kier molecular flexibility index (Phi) is 5.94. The van der Waals surface area contributed by atoms with Crippen LogP contribution < -0.4 is 10.1 Å². The first kappa shape index (κ1) is 14.8. The lowest BCUT2D eigenvalue weighted by Crippen LogP contribution is -2.17. The molecular formula is C12H16F3NO2. The van der Waals surface area contributed by atoms with Crippen LogP contribution in [0.5, 0.6) is 5.75 Å². The summed E-state index contributed by atoms with van der Waals surface area (Å²) in [5.41, 5.74) is 0.905. The van der Waals surface area contributed by atoms with Crippen molar-refractivity contribution in [1.29, 1.82) is 0 Å². The molecule has 6 heteroatoms. The van der Waals surface area contributed by atoms with Gasteiger partial charge in [0.15, 0.2) is 0 Å². The van der Waals surface area contributed by atoms with Crippen molar-refractivity contribution >= 4 is 0 Å². The van der Waals surface area contributed by atoms with Crippen LogP contribution in [0.15, 0.2) is 24.3 Å². The fourth-order valence-electron chi connectivity index (χ4n) is 1.38. The Bertz CT molecular complexity index is 338. The first-order valence-electron chi connectivity index (χ1n) is 5.55. The summed E-state index contributed by atoms with van der Waals surface area (Å²) < 4.78 is 44.4. The van der Waals surface area contributed by atoms with Gasteiger partial charge >= 0.3 is 6.36 Å². The van der Waals surface area contributed by atoms with Gasteiger partial charge in [-0.2, -0.15) is 0 Å². The minimum atomic E-state index is -4.64. The SMILES string of the molecule is COCCCNCc1ccc(OC(F)(F)F)cc1. The van der Waals surface area contributed by atoms with E-state index in [9.17, 15) is 13.2 Å². The van der Waals surface area contributed by atoms with E-state index in [1.807, 2.05) is 0 Å². The van der Waals surface area contributed by atoms with Gasteiger partial charge in [-0.15, -0.1) is 13.2 Å². The number of rotatable bonds is 7. The lowest BCUT2D eigenvalue weighted by atomic mass is 10.2. The van der Waals surface area contributed by atoms with Crippen LogP contribution in [0.2, 0.25) is 0 Å². The summed E-state index contributed by atoms with van der Waals surface area (Å²) in [6.07, 6.45) is -3.74. The molecule has 0 heterocycles. The molecule has 102 valence electrons. The van der Waals surface area contributed by atoms with Gasteiger partial charge in [-0.1, -0.05) is 12.1 Å². The third-order valence-electron chi connectivity index (χ3n) is 2.19. The molecule has 3 nitrogen and oxygen atoms in total. The Morgan fingerprint density at radius 3 is 2.39 bits per heavy atom. The lowest BCUT2D eigenvalue weighted by molar-refractivity contribution is -0.274. The van der Waals surface area contributed by atoms with Crippen LogP contribution in [-0.4, -0.2) is 26.6 Å². The van der Waals surface area contributed by atoms with Crippen molar-refractivity contribution in [2.45, 2.75) is 19.3 Å². The van der Waals surface area contributed by atoms with E-state index in [1.165, 1.54) is 12.1 Å². The van der Waals surface area contributed by atoms with E-state index < -0.39 is 6.36 Å². The van der Waals surface area contributed by atoms with Gasteiger partial charge < -0.3 is 14.8 Å². The maximum atomic E-state index is 11.9. The monoisotopic (exact) mass is 263 g/mol. The van der Waals surface area contributed by atoms with Crippen molar-refractivity contribution in [2.24, 2.45) is 0 Å². The average molecular weight is 263 g/mol. The first-order valence-corrected chi connectivity index (χ1v) is 5.55. The van der Waals surface area contributed by atoms with E-state index in [0.29, 0.717) is 13.2 Å². The molecule has 1 N–H and O–H groups in total. The molecule has 0 fully saturated rings. The van der Waals surface area contributed by atoms with Crippen LogP contribution in [0, 0.1) is 0 Å². The number of methoxy groups -OCH3 is 1. The number of hydrogen-bond donors (Lipinski definition) is 1. The van der Waals surface area contributed by atoms with Crippen LogP contribution in [0.4, 0.5) is 13.2 Å². The predicted molar refractivity (Wildman–Crippen MR) is 61.3 cm³/mol. The van der Waals surface area contributed by atoms with E-state index in [1.54, 1.807) is 19.2 Å². The second-order valence-electron chi connectivity index (χ2n) is 3.71. The molecule has 0 radical (unpaired) electrons. The summed E-state index contributed by atoms with van der Waals surface area (Å²) in [7, 11) is 1.64. The first-order chi connectivity index (χ1) is 8.51. The second kappa shape index (κ2) is 7.23. The normalized spacial score (nSPS) is 11.6. The lowest BCUT2D eigenvalue weighted by Gasteiger charge is -2.09. The molecule has 1 rings (SSSR count).